The Kier molecular flexibility index (Phi) is 4.97. The standard InChI is InChI=1S/C11H12BrN3S2/c1-2-13-6-8-5-9(12)3-4-10(8)16-11-14-7-15-17-11/h3-5,7,13H,2,6H2,1H3. The fourth-order valence-electron chi connectivity index (χ4n) is 1.35. The molecule has 0 amide bonds. The topological polar surface area (TPSA) is 37.8 Å². The Hall–Kier alpha value is -0.430. The number of halogens is 1. The Morgan fingerprint density at radius 3 is 3.06 bits per heavy atom. The van der Waals surface area contributed by atoms with Gasteiger partial charge in [0.05, 0.1) is 0 Å². The summed E-state index contributed by atoms with van der Waals surface area (Å²) >= 11 is 6.59. The molecular formula is C11H12BrN3S2. The first-order valence-electron chi connectivity index (χ1n) is 5.23. The van der Waals surface area contributed by atoms with Gasteiger partial charge in [0.1, 0.15) is 6.33 Å². The Labute approximate surface area is 117 Å². The number of rotatable bonds is 5. The predicted molar refractivity (Wildman–Crippen MR) is 75.6 cm³/mol. The number of nitrogens with zero attached hydrogens (tertiary/aromatic N) is 2. The van der Waals surface area contributed by atoms with E-state index in [1.54, 1.807) is 18.1 Å². The number of nitrogens with one attached hydrogen (secondary N) is 1. The van der Waals surface area contributed by atoms with Crippen LogP contribution in [0.25, 0.3) is 0 Å². The number of aromatic nitrogens is 2. The lowest BCUT2D eigenvalue weighted by molar-refractivity contribution is 0.717. The van der Waals surface area contributed by atoms with Gasteiger partial charge in [0.2, 0.25) is 0 Å². The zero-order valence-corrected chi connectivity index (χ0v) is 12.5. The monoisotopic (exact) mass is 329 g/mol. The normalized spacial score (nSPS) is 10.7. The van der Waals surface area contributed by atoms with E-state index >= 15 is 0 Å². The van der Waals surface area contributed by atoms with E-state index in [-0.39, 0.29) is 0 Å². The number of hydrogen-bond donors (Lipinski definition) is 1. The van der Waals surface area contributed by atoms with E-state index in [9.17, 15) is 0 Å². The van der Waals surface area contributed by atoms with Gasteiger partial charge in [-0.25, -0.2) is 4.98 Å². The SMILES string of the molecule is CCNCc1cc(Br)ccc1Sc1ncns1. The third-order valence-electron chi connectivity index (χ3n) is 2.13. The minimum Gasteiger partial charge on any atom is -0.313 e. The summed E-state index contributed by atoms with van der Waals surface area (Å²) < 4.78 is 6.09. The van der Waals surface area contributed by atoms with E-state index in [1.807, 2.05) is 0 Å². The largest absolute Gasteiger partial charge is 0.313 e. The van der Waals surface area contributed by atoms with Crippen LogP contribution in [-0.2, 0) is 6.54 Å². The molecule has 0 spiro atoms. The molecule has 1 heterocycles. The zero-order chi connectivity index (χ0) is 12.1. The molecule has 0 bridgehead atoms. The lowest BCUT2D eigenvalue weighted by Gasteiger charge is -2.08. The van der Waals surface area contributed by atoms with Gasteiger partial charge in [-0.3, -0.25) is 0 Å². The van der Waals surface area contributed by atoms with E-state index < -0.39 is 0 Å². The molecule has 1 N–H and O–H groups in total. The van der Waals surface area contributed by atoms with Crippen molar-refractivity contribution in [3.63, 3.8) is 0 Å². The molecule has 0 aliphatic carbocycles. The third kappa shape index (κ3) is 3.77. The Balaban J connectivity index is 2.19. The predicted octanol–water partition coefficient (Wildman–Crippen LogP) is 3.56. The van der Waals surface area contributed by atoms with E-state index in [4.69, 9.17) is 0 Å². The van der Waals surface area contributed by atoms with Crippen molar-refractivity contribution in [2.45, 2.75) is 22.7 Å². The molecule has 0 fully saturated rings. The molecule has 0 saturated heterocycles. The first-order valence-corrected chi connectivity index (χ1v) is 7.61. The van der Waals surface area contributed by atoms with Crippen molar-refractivity contribution in [1.82, 2.24) is 14.7 Å². The highest BCUT2D eigenvalue weighted by atomic mass is 79.9. The summed E-state index contributed by atoms with van der Waals surface area (Å²) in [4.78, 5) is 5.42. The van der Waals surface area contributed by atoms with Gasteiger partial charge in [0.15, 0.2) is 4.34 Å². The maximum Gasteiger partial charge on any atom is 0.174 e. The molecule has 6 heteroatoms. The second kappa shape index (κ2) is 6.49. The number of hydrogen-bond acceptors (Lipinski definition) is 5. The summed E-state index contributed by atoms with van der Waals surface area (Å²) in [7, 11) is 0. The summed E-state index contributed by atoms with van der Waals surface area (Å²) in [5, 5.41) is 3.34. The Bertz CT molecular complexity index is 474. The minimum atomic E-state index is 0.872. The van der Waals surface area contributed by atoms with Crippen LogP contribution in [0.5, 0.6) is 0 Å². The van der Waals surface area contributed by atoms with Crippen LogP contribution in [0.15, 0.2) is 38.2 Å². The van der Waals surface area contributed by atoms with Crippen molar-refractivity contribution >= 4 is 39.2 Å². The zero-order valence-electron chi connectivity index (χ0n) is 9.31. The fourth-order valence-corrected chi connectivity index (χ4v) is 3.27. The van der Waals surface area contributed by atoms with Crippen LogP contribution in [0, 0.1) is 0 Å². The van der Waals surface area contributed by atoms with Crippen LogP contribution in [0.3, 0.4) is 0 Å². The first kappa shape index (κ1) is 13.0. The molecule has 0 unspecified atom stereocenters. The van der Waals surface area contributed by atoms with Crippen molar-refractivity contribution < 1.29 is 0 Å². The Morgan fingerprint density at radius 2 is 2.35 bits per heavy atom. The van der Waals surface area contributed by atoms with Crippen LogP contribution in [0.1, 0.15) is 12.5 Å². The van der Waals surface area contributed by atoms with Crippen LogP contribution in [0.4, 0.5) is 0 Å². The molecule has 0 aliphatic heterocycles. The lowest BCUT2D eigenvalue weighted by atomic mass is 10.2. The Morgan fingerprint density at radius 1 is 1.47 bits per heavy atom. The molecule has 3 nitrogen and oxygen atoms in total. The molecule has 17 heavy (non-hydrogen) atoms. The van der Waals surface area contributed by atoms with Gasteiger partial charge >= 0.3 is 0 Å². The van der Waals surface area contributed by atoms with Gasteiger partial charge in [-0.1, -0.05) is 34.6 Å². The summed E-state index contributed by atoms with van der Waals surface area (Å²) in [5.74, 6) is 0. The molecule has 0 radical (unpaired) electrons. The summed E-state index contributed by atoms with van der Waals surface area (Å²) in [5.41, 5.74) is 1.28. The number of benzene rings is 1. The second-order valence-electron chi connectivity index (χ2n) is 3.34. The summed E-state index contributed by atoms with van der Waals surface area (Å²) in [6, 6.07) is 6.31. The fraction of sp³-hybridized carbons (Fsp3) is 0.273. The van der Waals surface area contributed by atoms with Gasteiger partial charge in [-0.2, -0.15) is 4.37 Å². The maximum atomic E-state index is 4.19. The molecule has 2 rings (SSSR count). The van der Waals surface area contributed by atoms with E-state index in [2.05, 4.69) is 55.7 Å². The van der Waals surface area contributed by atoms with Crippen LogP contribution >= 0.6 is 39.2 Å². The van der Waals surface area contributed by atoms with Gasteiger partial charge in [0, 0.05) is 15.9 Å². The van der Waals surface area contributed by atoms with Crippen LogP contribution in [-0.4, -0.2) is 15.9 Å². The van der Waals surface area contributed by atoms with Crippen molar-refractivity contribution in [1.29, 1.82) is 0 Å². The summed E-state index contributed by atoms with van der Waals surface area (Å²) in [6.07, 6.45) is 1.59. The average Bonchev–Trinajstić information content (AvgIpc) is 2.82. The maximum absolute atomic E-state index is 4.19. The lowest BCUT2D eigenvalue weighted by Crippen LogP contribution is -2.12. The third-order valence-corrected chi connectivity index (χ3v) is 4.45. The van der Waals surface area contributed by atoms with Gasteiger partial charge < -0.3 is 5.32 Å². The molecular weight excluding hydrogens is 318 g/mol. The van der Waals surface area contributed by atoms with Crippen molar-refractivity contribution in [2.75, 3.05) is 6.54 Å². The van der Waals surface area contributed by atoms with Crippen molar-refractivity contribution in [3.05, 3.63) is 34.6 Å². The van der Waals surface area contributed by atoms with E-state index in [0.717, 1.165) is 21.9 Å². The highest BCUT2D eigenvalue weighted by Crippen LogP contribution is 2.32. The van der Waals surface area contributed by atoms with E-state index in [0.29, 0.717) is 0 Å². The molecule has 1 aromatic carbocycles. The molecule has 2 aromatic rings. The second-order valence-corrected chi connectivity index (χ2v) is 6.33. The van der Waals surface area contributed by atoms with Gasteiger partial charge in [-0.05, 0) is 41.8 Å². The molecule has 0 aliphatic rings. The van der Waals surface area contributed by atoms with Crippen LogP contribution < -0.4 is 5.32 Å². The minimum absolute atomic E-state index is 0.872. The highest BCUT2D eigenvalue weighted by molar-refractivity contribution is 9.10. The van der Waals surface area contributed by atoms with Crippen molar-refractivity contribution in [3.8, 4) is 0 Å². The van der Waals surface area contributed by atoms with Gasteiger partial charge in [-0.15, -0.1) is 0 Å². The van der Waals surface area contributed by atoms with E-state index in [1.165, 1.54) is 22.0 Å². The van der Waals surface area contributed by atoms with Crippen LogP contribution in [0.2, 0.25) is 0 Å². The molecule has 1 aromatic heterocycles. The molecule has 90 valence electrons. The summed E-state index contributed by atoms with van der Waals surface area (Å²) in [6.45, 7) is 3.95. The quantitative estimate of drug-likeness (QED) is 0.910. The average molecular weight is 330 g/mol. The smallest absolute Gasteiger partial charge is 0.174 e. The highest BCUT2D eigenvalue weighted by Gasteiger charge is 2.07. The van der Waals surface area contributed by atoms with Gasteiger partial charge in [0.25, 0.3) is 0 Å². The van der Waals surface area contributed by atoms with Crippen molar-refractivity contribution in [2.24, 2.45) is 0 Å². The first-order chi connectivity index (χ1) is 8.29. The molecule has 0 atom stereocenters. The molecule has 0 saturated carbocycles.